The highest BCUT2D eigenvalue weighted by molar-refractivity contribution is 7.93. The molecule has 0 saturated heterocycles. The first-order valence-electron chi connectivity index (χ1n) is 5.28. The third kappa shape index (κ3) is 2.30. The van der Waals surface area contributed by atoms with Crippen LogP contribution in [0.15, 0.2) is 24.3 Å². The van der Waals surface area contributed by atoms with Crippen molar-refractivity contribution in [2.24, 2.45) is 0 Å². The van der Waals surface area contributed by atoms with E-state index in [0.29, 0.717) is 18.6 Å². The minimum absolute atomic E-state index is 0.157. The number of para-hydroxylation sites is 1. The van der Waals surface area contributed by atoms with Crippen LogP contribution in [0.3, 0.4) is 0 Å². The summed E-state index contributed by atoms with van der Waals surface area (Å²) in [5.74, 6) is -0.427. The van der Waals surface area contributed by atoms with E-state index in [1.54, 1.807) is 18.2 Å². The number of hydrogen-bond donors (Lipinski definition) is 1. The van der Waals surface area contributed by atoms with Crippen LogP contribution in [0.4, 0.5) is 0 Å². The van der Waals surface area contributed by atoms with Crippen LogP contribution in [0.5, 0.6) is 5.75 Å². The van der Waals surface area contributed by atoms with Gasteiger partial charge in [-0.05, 0) is 25.0 Å². The molecule has 0 aromatic heterocycles. The molecule has 0 unspecified atom stereocenters. The third-order valence-corrected chi connectivity index (χ3v) is 5.52. The fourth-order valence-corrected chi connectivity index (χ4v) is 2.85. The fraction of sp³-hybridized carbons (Fsp3) is 0.364. The van der Waals surface area contributed by atoms with Crippen LogP contribution in [0.1, 0.15) is 23.2 Å². The maximum Gasteiger partial charge on any atom is 0.268 e. The van der Waals surface area contributed by atoms with E-state index in [1.807, 2.05) is 4.72 Å². The summed E-state index contributed by atoms with van der Waals surface area (Å²) < 4.78 is 29.2. The van der Waals surface area contributed by atoms with Gasteiger partial charge < -0.3 is 4.74 Å². The Morgan fingerprint density at radius 2 is 2.00 bits per heavy atom. The van der Waals surface area contributed by atoms with Crippen molar-refractivity contribution < 1.29 is 17.9 Å². The average Bonchev–Trinajstić information content (AvgIpc) is 3.08. The lowest BCUT2D eigenvalue weighted by atomic mass is 10.2. The first-order chi connectivity index (χ1) is 8.39. The normalized spacial score (nSPS) is 17.0. The highest BCUT2D eigenvalue weighted by Gasteiger charge is 2.54. The first-order valence-corrected chi connectivity index (χ1v) is 7.14. The molecule has 0 spiro atoms. The van der Waals surface area contributed by atoms with Gasteiger partial charge in [-0.15, -0.1) is 0 Å². The van der Waals surface area contributed by atoms with Crippen molar-refractivity contribution in [2.75, 3.05) is 7.11 Å². The molecular weight excluding hydrogens is 278 g/mol. The lowest BCUT2D eigenvalue weighted by Gasteiger charge is -2.12. The zero-order chi connectivity index (χ0) is 13.4. The summed E-state index contributed by atoms with van der Waals surface area (Å²) in [5.41, 5.74) is 0.157. The molecular formula is C11H12ClNO4S. The maximum absolute atomic E-state index is 11.9. The number of sulfonamides is 1. The number of hydrogen-bond acceptors (Lipinski definition) is 4. The number of amides is 1. The molecule has 2 rings (SSSR count). The van der Waals surface area contributed by atoms with Crippen molar-refractivity contribution >= 4 is 27.5 Å². The second-order valence-electron chi connectivity index (χ2n) is 4.02. The van der Waals surface area contributed by atoms with Gasteiger partial charge in [-0.25, -0.2) is 13.1 Å². The van der Waals surface area contributed by atoms with Crippen molar-refractivity contribution in [2.45, 2.75) is 17.0 Å². The van der Waals surface area contributed by atoms with Crippen molar-refractivity contribution in [3.05, 3.63) is 29.8 Å². The van der Waals surface area contributed by atoms with Gasteiger partial charge in [0.25, 0.3) is 15.9 Å². The van der Waals surface area contributed by atoms with E-state index in [0.717, 1.165) is 0 Å². The van der Waals surface area contributed by atoms with Crippen molar-refractivity contribution in [3.63, 3.8) is 0 Å². The number of methoxy groups -OCH3 is 1. The van der Waals surface area contributed by atoms with Gasteiger partial charge in [0.05, 0.1) is 12.7 Å². The van der Waals surface area contributed by atoms with E-state index >= 15 is 0 Å². The quantitative estimate of drug-likeness (QED) is 0.852. The van der Waals surface area contributed by atoms with Crippen molar-refractivity contribution in [1.82, 2.24) is 4.72 Å². The molecule has 0 bridgehead atoms. The van der Waals surface area contributed by atoms with E-state index < -0.39 is 20.1 Å². The van der Waals surface area contributed by atoms with E-state index in [4.69, 9.17) is 16.3 Å². The standard InChI is InChI=1S/C11H12ClNO4S/c1-17-9-5-3-2-4-8(9)10(14)13-18(15,16)11(12)6-7-11/h2-5H,6-7H2,1H3,(H,13,14). The molecule has 1 amide bonds. The Labute approximate surface area is 110 Å². The molecule has 1 aliphatic rings. The smallest absolute Gasteiger partial charge is 0.268 e. The highest BCUT2D eigenvalue weighted by atomic mass is 35.5. The third-order valence-electron chi connectivity index (χ3n) is 2.70. The van der Waals surface area contributed by atoms with Gasteiger partial charge >= 0.3 is 0 Å². The maximum atomic E-state index is 11.9. The molecule has 1 aromatic rings. The molecule has 18 heavy (non-hydrogen) atoms. The zero-order valence-electron chi connectivity index (χ0n) is 9.64. The number of carbonyl (C=O) groups excluding carboxylic acids is 1. The van der Waals surface area contributed by atoms with E-state index in [2.05, 4.69) is 0 Å². The number of alkyl halides is 1. The van der Waals surface area contributed by atoms with Crippen molar-refractivity contribution in [1.29, 1.82) is 0 Å². The predicted octanol–water partition coefficient (Wildman–Crippen LogP) is 1.48. The van der Waals surface area contributed by atoms with Gasteiger partial charge in [-0.3, -0.25) is 4.79 Å². The molecule has 0 atom stereocenters. The van der Waals surface area contributed by atoms with E-state index in [9.17, 15) is 13.2 Å². The molecule has 1 saturated carbocycles. The Morgan fingerprint density at radius 1 is 1.39 bits per heavy atom. The molecule has 1 N–H and O–H groups in total. The van der Waals surface area contributed by atoms with Gasteiger partial charge in [-0.1, -0.05) is 23.7 Å². The van der Waals surface area contributed by atoms with Crippen LogP contribution < -0.4 is 9.46 Å². The first kappa shape index (κ1) is 13.2. The summed E-state index contributed by atoms with van der Waals surface area (Å²) in [4.78, 5) is 11.9. The number of ether oxygens (including phenoxy) is 1. The topological polar surface area (TPSA) is 72.5 Å². The summed E-state index contributed by atoms with van der Waals surface area (Å²) in [6.45, 7) is 0. The van der Waals surface area contributed by atoms with Crippen LogP contribution in [-0.2, 0) is 10.0 Å². The van der Waals surface area contributed by atoms with Gasteiger partial charge in [0.2, 0.25) is 0 Å². The number of halogens is 1. The Balaban J connectivity index is 2.23. The zero-order valence-corrected chi connectivity index (χ0v) is 11.2. The molecule has 98 valence electrons. The number of carbonyl (C=O) groups is 1. The van der Waals surface area contributed by atoms with Gasteiger partial charge in [0.1, 0.15) is 5.75 Å². The Morgan fingerprint density at radius 3 is 2.56 bits per heavy atom. The van der Waals surface area contributed by atoms with Crippen molar-refractivity contribution in [3.8, 4) is 5.75 Å². The minimum atomic E-state index is -3.85. The Bertz CT molecular complexity index is 580. The molecule has 0 aliphatic heterocycles. The second-order valence-corrected chi connectivity index (χ2v) is 6.96. The summed E-state index contributed by atoms with van der Waals surface area (Å²) >= 11 is 5.81. The Hall–Kier alpha value is -1.27. The largest absolute Gasteiger partial charge is 0.496 e. The van der Waals surface area contributed by atoms with E-state index in [-0.39, 0.29) is 5.56 Å². The van der Waals surface area contributed by atoms with Crippen LogP contribution in [0.2, 0.25) is 0 Å². The Kier molecular flexibility index (Phi) is 3.25. The molecule has 1 fully saturated rings. The lowest BCUT2D eigenvalue weighted by molar-refractivity contribution is 0.0978. The molecule has 5 nitrogen and oxygen atoms in total. The molecule has 7 heteroatoms. The van der Waals surface area contributed by atoms with Crippen LogP contribution in [-0.4, -0.2) is 25.6 Å². The molecule has 1 aliphatic carbocycles. The summed E-state index contributed by atoms with van der Waals surface area (Å²) in [6.07, 6.45) is 0.701. The number of benzene rings is 1. The molecule has 0 radical (unpaired) electrons. The average molecular weight is 290 g/mol. The summed E-state index contributed by atoms with van der Waals surface area (Å²) in [7, 11) is -2.44. The summed E-state index contributed by atoms with van der Waals surface area (Å²) in [6, 6.07) is 6.37. The molecule has 1 aromatic carbocycles. The van der Waals surface area contributed by atoms with Crippen LogP contribution >= 0.6 is 11.6 Å². The minimum Gasteiger partial charge on any atom is -0.496 e. The predicted molar refractivity (Wildman–Crippen MR) is 67.2 cm³/mol. The number of nitrogens with one attached hydrogen (secondary N) is 1. The van der Waals surface area contributed by atoms with Gasteiger partial charge in [0.15, 0.2) is 4.21 Å². The molecule has 0 heterocycles. The fourth-order valence-electron chi connectivity index (χ4n) is 1.47. The van der Waals surface area contributed by atoms with E-state index in [1.165, 1.54) is 13.2 Å². The highest BCUT2D eigenvalue weighted by Crippen LogP contribution is 2.46. The SMILES string of the molecule is COc1ccccc1C(=O)NS(=O)(=O)C1(Cl)CC1. The second kappa shape index (κ2) is 4.44. The summed E-state index contributed by atoms with van der Waals surface area (Å²) in [5, 5.41) is 0. The van der Waals surface area contributed by atoms with Crippen LogP contribution in [0, 0.1) is 0 Å². The monoisotopic (exact) mass is 289 g/mol. The van der Waals surface area contributed by atoms with Crippen LogP contribution in [0.25, 0.3) is 0 Å². The lowest BCUT2D eigenvalue weighted by Crippen LogP contribution is -2.37. The van der Waals surface area contributed by atoms with Gasteiger partial charge in [-0.2, -0.15) is 0 Å². The number of rotatable bonds is 4. The van der Waals surface area contributed by atoms with Gasteiger partial charge in [0, 0.05) is 0 Å².